The maximum Gasteiger partial charge on any atom is 0.324 e. The number of rotatable bonds is 0. The van der Waals surface area contributed by atoms with Gasteiger partial charge < -0.3 is 4.18 Å². The summed E-state index contributed by atoms with van der Waals surface area (Å²) < 4.78 is 16.1. The van der Waals surface area contributed by atoms with Crippen LogP contribution < -0.4 is 0 Å². The van der Waals surface area contributed by atoms with Gasteiger partial charge in [0.2, 0.25) is 11.1 Å². The zero-order chi connectivity index (χ0) is 8.29. The summed E-state index contributed by atoms with van der Waals surface area (Å²) in [5, 5.41) is 0.0521. The Hall–Kier alpha value is -0.380. The average Bonchev–Trinajstić information content (AvgIpc) is 2.64. The van der Waals surface area contributed by atoms with Gasteiger partial charge in [-0.05, 0) is 31.1 Å². The predicted octanol–water partition coefficient (Wildman–Crippen LogP) is 0.622. The summed E-state index contributed by atoms with van der Waals surface area (Å²) in [5.74, 6) is 0.779. The zero-order valence-electron chi connectivity index (χ0n) is 6.56. The van der Waals surface area contributed by atoms with Crippen LogP contribution in [0.3, 0.4) is 0 Å². The molecule has 66 valence electrons. The van der Waals surface area contributed by atoms with E-state index < -0.39 is 11.1 Å². The van der Waals surface area contributed by atoms with Gasteiger partial charge in [-0.2, -0.15) is 0 Å². The van der Waals surface area contributed by atoms with Crippen LogP contribution in [0.25, 0.3) is 0 Å². The van der Waals surface area contributed by atoms with Crippen LogP contribution in [0.2, 0.25) is 0 Å². The molecule has 0 aromatic heterocycles. The minimum Gasteiger partial charge on any atom is -0.363 e. The smallest absolute Gasteiger partial charge is 0.324 e. The number of hydrogen-bond acceptors (Lipinski definition) is 3. The Kier molecular flexibility index (Phi) is 1.24. The highest BCUT2D eigenvalue weighted by molar-refractivity contribution is 7.81. The molecule has 3 rings (SSSR count). The lowest BCUT2D eigenvalue weighted by Gasteiger charge is -2.17. The Morgan fingerprint density at radius 1 is 1.33 bits per heavy atom. The van der Waals surface area contributed by atoms with Crippen LogP contribution in [0, 0.1) is 17.8 Å². The van der Waals surface area contributed by atoms with Crippen LogP contribution in [0.4, 0.5) is 0 Å². The van der Waals surface area contributed by atoms with Gasteiger partial charge in [0.05, 0.1) is 11.2 Å². The molecule has 3 aliphatic rings. The fourth-order valence-corrected chi connectivity index (χ4v) is 4.55. The summed E-state index contributed by atoms with van der Waals surface area (Å²) in [6.45, 7) is 0. The van der Waals surface area contributed by atoms with Crippen molar-refractivity contribution < 1.29 is 13.2 Å². The van der Waals surface area contributed by atoms with Crippen LogP contribution >= 0.6 is 0 Å². The second-order valence-corrected chi connectivity index (χ2v) is 5.22. The van der Waals surface area contributed by atoms with E-state index in [1.807, 2.05) is 0 Å². The Balaban J connectivity index is 2.03. The molecule has 0 N–H and O–H groups in total. The van der Waals surface area contributed by atoms with E-state index in [2.05, 4.69) is 0 Å². The van der Waals surface area contributed by atoms with Gasteiger partial charge >= 0.3 is 5.97 Å². The van der Waals surface area contributed by atoms with Gasteiger partial charge in [-0.15, -0.1) is 0 Å². The van der Waals surface area contributed by atoms with E-state index >= 15 is 0 Å². The summed E-state index contributed by atoms with van der Waals surface area (Å²) >= 11 is -1.31. The van der Waals surface area contributed by atoms with Crippen molar-refractivity contribution in [1.82, 2.24) is 0 Å². The molecule has 0 aromatic rings. The van der Waals surface area contributed by atoms with Gasteiger partial charge in [0, 0.05) is 0 Å². The van der Waals surface area contributed by atoms with Crippen molar-refractivity contribution in [3.63, 3.8) is 0 Å². The lowest BCUT2D eigenvalue weighted by atomic mass is 9.89. The van der Waals surface area contributed by atoms with Crippen LogP contribution in [-0.2, 0) is 20.1 Å². The molecule has 1 heterocycles. The third kappa shape index (κ3) is 0.672. The molecule has 5 atom stereocenters. The Morgan fingerprint density at radius 3 is 2.83 bits per heavy atom. The second-order valence-electron chi connectivity index (χ2n) is 3.99. The quantitative estimate of drug-likeness (QED) is 0.557. The van der Waals surface area contributed by atoms with Crippen LogP contribution in [-0.4, -0.2) is 15.4 Å². The summed E-state index contributed by atoms with van der Waals surface area (Å²) in [4.78, 5) is 11.2. The van der Waals surface area contributed by atoms with Gasteiger partial charge in [-0.3, -0.25) is 4.79 Å². The van der Waals surface area contributed by atoms with Crippen molar-refractivity contribution in [2.45, 2.75) is 24.5 Å². The highest BCUT2D eigenvalue weighted by Crippen LogP contribution is 2.53. The number of fused-ring (bicyclic) bond motifs is 5. The van der Waals surface area contributed by atoms with Crippen molar-refractivity contribution in [1.29, 1.82) is 0 Å². The van der Waals surface area contributed by atoms with Crippen LogP contribution in [0.5, 0.6) is 0 Å². The first-order chi connectivity index (χ1) is 5.77. The summed E-state index contributed by atoms with van der Waals surface area (Å²) in [6, 6.07) is 0. The number of carbonyl (C=O) groups is 1. The SMILES string of the molecule is O=C1OS(=O)C2C3CCC(C3)C12. The minimum atomic E-state index is -1.31. The van der Waals surface area contributed by atoms with Crippen molar-refractivity contribution in [3.05, 3.63) is 0 Å². The van der Waals surface area contributed by atoms with Crippen LogP contribution in [0.1, 0.15) is 19.3 Å². The van der Waals surface area contributed by atoms with E-state index in [1.165, 1.54) is 0 Å². The zero-order valence-corrected chi connectivity index (χ0v) is 7.38. The standard InChI is InChI=1S/C8H10O3S/c9-8-6-4-1-2-5(3-4)7(6)12(10)11-8/h4-7H,1-3H2. The molecule has 4 heteroatoms. The maximum atomic E-state index is 11.3. The first kappa shape index (κ1) is 7.06. The van der Waals surface area contributed by atoms with Crippen molar-refractivity contribution in [2.24, 2.45) is 17.8 Å². The first-order valence-corrected chi connectivity index (χ1v) is 5.54. The van der Waals surface area contributed by atoms with Gasteiger partial charge in [0.1, 0.15) is 0 Å². The number of hydrogen-bond donors (Lipinski definition) is 0. The molecule has 3 fully saturated rings. The predicted molar refractivity (Wildman–Crippen MR) is 42.3 cm³/mol. The van der Waals surface area contributed by atoms with Crippen molar-refractivity contribution in [3.8, 4) is 0 Å². The fourth-order valence-electron chi connectivity index (χ4n) is 3.03. The molecule has 5 unspecified atom stereocenters. The molecule has 2 bridgehead atoms. The molecule has 2 saturated carbocycles. The number of carbonyl (C=O) groups excluding carboxylic acids is 1. The van der Waals surface area contributed by atoms with Gasteiger partial charge in [0.15, 0.2) is 0 Å². The molecule has 1 saturated heterocycles. The Morgan fingerprint density at radius 2 is 2.08 bits per heavy atom. The summed E-state index contributed by atoms with van der Waals surface area (Å²) in [7, 11) is 0. The van der Waals surface area contributed by atoms with E-state index in [0.717, 1.165) is 19.3 Å². The summed E-state index contributed by atoms with van der Waals surface area (Å²) in [5.41, 5.74) is 0. The lowest BCUT2D eigenvalue weighted by molar-refractivity contribution is -0.137. The molecular formula is C8H10O3S. The highest BCUT2D eigenvalue weighted by atomic mass is 32.2. The van der Waals surface area contributed by atoms with Gasteiger partial charge in [0.25, 0.3) is 0 Å². The van der Waals surface area contributed by atoms with E-state index in [1.54, 1.807) is 0 Å². The Labute approximate surface area is 73.1 Å². The molecule has 0 aromatic carbocycles. The van der Waals surface area contributed by atoms with E-state index in [0.29, 0.717) is 11.8 Å². The molecule has 3 nitrogen and oxygen atoms in total. The highest BCUT2D eigenvalue weighted by Gasteiger charge is 2.59. The molecule has 0 radical (unpaired) electrons. The van der Waals surface area contributed by atoms with Gasteiger partial charge in [-0.1, -0.05) is 0 Å². The summed E-state index contributed by atoms with van der Waals surface area (Å²) in [6.07, 6.45) is 3.39. The third-order valence-electron chi connectivity index (χ3n) is 3.50. The van der Waals surface area contributed by atoms with E-state index in [9.17, 15) is 9.00 Å². The monoisotopic (exact) mass is 186 g/mol. The Bertz CT molecular complexity index is 249. The van der Waals surface area contributed by atoms with Crippen LogP contribution in [0.15, 0.2) is 0 Å². The topological polar surface area (TPSA) is 43.4 Å². The molecule has 12 heavy (non-hydrogen) atoms. The van der Waals surface area contributed by atoms with E-state index in [4.69, 9.17) is 4.18 Å². The molecule has 0 spiro atoms. The van der Waals surface area contributed by atoms with Gasteiger partial charge in [-0.25, -0.2) is 4.21 Å². The fraction of sp³-hybridized carbons (Fsp3) is 0.875. The van der Waals surface area contributed by atoms with Crippen molar-refractivity contribution >= 4 is 17.0 Å². The third-order valence-corrected chi connectivity index (χ3v) is 4.95. The van der Waals surface area contributed by atoms with Crippen molar-refractivity contribution in [2.75, 3.05) is 0 Å². The average molecular weight is 186 g/mol. The largest absolute Gasteiger partial charge is 0.363 e. The minimum absolute atomic E-state index is 0.00965. The first-order valence-electron chi connectivity index (χ1n) is 4.40. The molecular weight excluding hydrogens is 176 g/mol. The van der Waals surface area contributed by atoms with E-state index in [-0.39, 0.29) is 17.1 Å². The molecule has 2 aliphatic carbocycles. The normalized spacial score (nSPS) is 55.7. The molecule has 0 amide bonds. The second kappa shape index (κ2) is 2.10. The lowest BCUT2D eigenvalue weighted by Crippen LogP contribution is -2.27. The molecule has 1 aliphatic heterocycles. The maximum absolute atomic E-state index is 11.3.